The fourth-order valence-electron chi connectivity index (χ4n) is 2.57. The van der Waals surface area contributed by atoms with Crippen molar-refractivity contribution in [2.24, 2.45) is 0 Å². The fraction of sp³-hybridized carbons (Fsp3) is 0.467. The average Bonchev–Trinajstić information content (AvgIpc) is 3.05. The monoisotopic (exact) mass is 301 g/mol. The third kappa shape index (κ3) is 3.14. The minimum atomic E-state index is 0.0994. The van der Waals surface area contributed by atoms with E-state index < -0.39 is 0 Å². The topological polar surface area (TPSA) is 73.1 Å². The number of nitrogens with zero attached hydrogens (tertiary/aromatic N) is 5. The first-order chi connectivity index (χ1) is 10.6. The lowest BCUT2D eigenvalue weighted by Crippen LogP contribution is -2.50. The molecule has 0 aliphatic carbocycles. The van der Waals surface area contributed by atoms with Crippen LogP contribution >= 0.6 is 0 Å². The minimum absolute atomic E-state index is 0.0994. The third-order valence-corrected chi connectivity index (χ3v) is 3.83. The van der Waals surface area contributed by atoms with Crippen LogP contribution in [-0.2, 0) is 16.0 Å². The number of amides is 1. The van der Waals surface area contributed by atoms with E-state index in [-0.39, 0.29) is 18.1 Å². The molecule has 1 aliphatic heterocycles. The molecule has 1 fully saturated rings. The molecule has 2 heterocycles. The number of carbonyl (C=O) groups is 1. The molecular formula is C15H19N5O2. The van der Waals surface area contributed by atoms with Gasteiger partial charge in [0.15, 0.2) is 0 Å². The zero-order valence-electron chi connectivity index (χ0n) is 12.7. The highest BCUT2D eigenvalue weighted by Gasteiger charge is 2.27. The van der Waals surface area contributed by atoms with Gasteiger partial charge in [0.05, 0.1) is 30.9 Å². The molecule has 0 unspecified atom stereocenters. The highest BCUT2D eigenvalue weighted by molar-refractivity contribution is 5.79. The predicted octanol–water partition coefficient (Wildman–Crippen LogP) is 0.841. The lowest BCUT2D eigenvalue weighted by Gasteiger charge is -2.36. The van der Waals surface area contributed by atoms with Crippen LogP contribution in [0.2, 0.25) is 0 Å². The molecule has 116 valence electrons. The Morgan fingerprint density at radius 2 is 2.09 bits per heavy atom. The van der Waals surface area contributed by atoms with Crippen molar-refractivity contribution in [1.29, 1.82) is 0 Å². The molecular weight excluding hydrogens is 282 g/mol. The van der Waals surface area contributed by atoms with E-state index in [2.05, 4.69) is 15.5 Å². The van der Waals surface area contributed by atoms with E-state index in [1.54, 1.807) is 4.68 Å². The van der Waals surface area contributed by atoms with Gasteiger partial charge in [-0.3, -0.25) is 4.79 Å². The van der Waals surface area contributed by atoms with Gasteiger partial charge in [-0.1, -0.05) is 12.1 Å². The van der Waals surface area contributed by atoms with Gasteiger partial charge in [0.2, 0.25) is 5.91 Å². The maximum Gasteiger partial charge on any atom is 0.227 e. The normalized spacial score (nSPS) is 21.8. The Morgan fingerprint density at radius 3 is 2.77 bits per heavy atom. The predicted molar refractivity (Wildman–Crippen MR) is 79.4 cm³/mol. The number of rotatable bonds is 3. The Hall–Kier alpha value is -2.28. The Labute approximate surface area is 128 Å². The van der Waals surface area contributed by atoms with Crippen LogP contribution in [0.5, 0.6) is 0 Å². The van der Waals surface area contributed by atoms with Crippen LogP contribution in [0.15, 0.2) is 30.6 Å². The number of aromatic nitrogens is 4. The number of carbonyl (C=O) groups excluding carboxylic acids is 1. The quantitative estimate of drug-likeness (QED) is 0.840. The number of hydrogen-bond acceptors (Lipinski definition) is 5. The van der Waals surface area contributed by atoms with Gasteiger partial charge in [0, 0.05) is 6.54 Å². The molecule has 22 heavy (non-hydrogen) atoms. The van der Waals surface area contributed by atoms with Gasteiger partial charge in [-0.05, 0) is 42.0 Å². The van der Waals surface area contributed by atoms with Crippen LogP contribution in [0.4, 0.5) is 0 Å². The van der Waals surface area contributed by atoms with E-state index in [1.807, 2.05) is 43.0 Å². The van der Waals surface area contributed by atoms with E-state index in [9.17, 15) is 4.79 Å². The molecule has 0 radical (unpaired) electrons. The molecule has 7 heteroatoms. The first kappa shape index (κ1) is 14.6. The zero-order chi connectivity index (χ0) is 15.5. The standard InChI is InChI=1S/C15H19N5O2/c1-11-9-22-12(2)8-19(11)15(21)7-13-3-5-14(6-4-13)20-10-16-17-18-20/h3-6,10-12H,7-9H2,1-2H3/t11-,12-/m1/s1. The van der Waals surface area contributed by atoms with E-state index in [1.165, 1.54) is 6.33 Å². The molecule has 0 spiro atoms. The van der Waals surface area contributed by atoms with Gasteiger partial charge >= 0.3 is 0 Å². The van der Waals surface area contributed by atoms with Gasteiger partial charge in [-0.15, -0.1) is 5.10 Å². The third-order valence-electron chi connectivity index (χ3n) is 3.83. The van der Waals surface area contributed by atoms with Crippen molar-refractivity contribution < 1.29 is 9.53 Å². The lowest BCUT2D eigenvalue weighted by atomic mass is 10.1. The van der Waals surface area contributed by atoms with Crippen LogP contribution < -0.4 is 0 Å². The molecule has 3 rings (SSSR count). The molecule has 2 atom stereocenters. The van der Waals surface area contributed by atoms with Crippen LogP contribution in [0.25, 0.3) is 5.69 Å². The summed E-state index contributed by atoms with van der Waals surface area (Å²) in [5, 5.41) is 11.0. The summed E-state index contributed by atoms with van der Waals surface area (Å²) in [6, 6.07) is 7.81. The van der Waals surface area contributed by atoms with Crippen molar-refractivity contribution >= 4 is 5.91 Å². The van der Waals surface area contributed by atoms with E-state index >= 15 is 0 Å². The van der Waals surface area contributed by atoms with Crippen molar-refractivity contribution in [3.05, 3.63) is 36.2 Å². The maximum absolute atomic E-state index is 12.5. The number of benzene rings is 1. The molecule has 0 N–H and O–H groups in total. The number of ether oxygens (including phenoxy) is 1. The van der Waals surface area contributed by atoms with Crippen LogP contribution in [0.3, 0.4) is 0 Å². The summed E-state index contributed by atoms with van der Waals surface area (Å²) in [7, 11) is 0. The molecule has 2 aromatic rings. The molecule has 1 aliphatic rings. The molecule has 0 bridgehead atoms. The second kappa shape index (κ2) is 6.23. The molecule has 0 saturated carbocycles. The largest absolute Gasteiger partial charge is 0.375 e. The summed E-state index contributed by atoms with van der Waals surface area (Å²) in [5.74, 6) is 0.137. The Kier molecular flexibility index (Phi) is 4.15. The minimum Gasteiger partial charge on any atom is -0.375 e. The maximum atomic E-state index is 12.5. The van der Waals surface area contributed by atoms with Gasteiger partial charge in [-0.2, -0.15) is 0 Å². The number of hydrogen-bond donors (Lipinski definition) is 0. The van der Waals surface area contributed by atoms with Gasteiger partial charge in [0.25, 0.3) is 0 Å². The van der Waals surface area contributed by atoms with E-state index in [0.29, 0.717) is 19.6 Å². The second-order valence-electron chi connectivity index (χ2n) is 5.64. The van der Waals surface area contributed by atoms with Crippen molar-refractivity contribution in [3.8, 4) is 5.69 Å². The van der Waals surface area contributed by atoms with Crippen molar-refractivity contribution in [2.75, 3.05) is 13.2 Å². The van der Waals surface area contributed by atoms with Crippen LogP contribution in [0.1, 0.15) is 19.4 Å². The zero-order valence-corrected chi connectivity index (χ0v) is 12.7. The summed E-state index contributed by atoms with van der Waals surface area (Å²) in [4.78, 5) is 14.4. The molecule has 1 aromatic carbocycles. The summed E-state index contributed by atoms with van der Waals surface area (Å²) in [6.45, 7) is 5.27. The summed E-state index contributed by atoms with van der Waals surface area (Å²) >= 11 is 0. The summed E-state index contributed by atoms with van der Waals surface area (Å²) in [6.07, 6.45) is 2.03. The molecule has 1 saturated heterocycles. The Balaban J connectivity index is 1.66. The Morgan fingerprint density at radius 1 is 1.32 bits per heavy atom. The molecule has 1 amide bonds. The smallest absolute Gasteiger partial charge is 0.227 e. The number of morpholine rings is 1. The summed E-state index contributed by atoms with van der Waals surface area (Å²) < 4.78 is 7.14. The van der Waals surface area contributed by atoms with E-state index in [4.69, 9.17) is 4.74 Å². The first-order valence-electron chi connectivity index (χ1n) is 7.37. The number of tetrazole rings is 1. The average molecular weight is 301 g/mol. The highest BCUT2D eigenvalue weighted by atomic mass is 16.5. The van der Waals surface area contributed by atoms with Crippen LogP contribution in [-0.4, -0.2) is 56.3 Å². The van der Waals surface area contributed by atoms with Crippen molar-refractivity contribution in [2.45, 2.75) is 32.4 Å². The summed E-state index contributed by atoms with van der Waals surface area (Å²) in [5.41, 5.74) is 1.85. The van der Waals surface area contributed by atoms with E-state index in [0.717, 1.165) is 11.3 Å². The van der Waals surface area contributed by atoms with Gasteiger partial charge in [-0.25, -0.2) is 4.68 Å². The lowest BCUT2D eigenvalue weighted by molar-refractivity contribution is -0.142. The fourth-order valence-corrected chi connectivity index (χ4v) is 2.57. The second-order valence-corrected chi connectivity index (χ2v) is 5.64. The van der Waals surface area contributed by atoms with Crippen molar-refractivity contribution in [1.82, 2.24) is 25.1 Å². The SMILES string of the molecule is C[C@@H]1CN(C(=O)Cc2ccc(-n3cnnn3)cc2)[C@H](C)CO1. The van der Waals surface area contributed by atoms with Gasteiger partial charge in [0.1, 0.15) is 6.33 Å². The molecule has 1 aromatic heterocycles. The van der Waals surface area contributed by atoms with Crippen LogP contribution in [0, 0.1) is 0 Å². The molecule has 7 nitrogen and oxygen atoms in total. The van der Waals surface area contributed by atoms with Crippen molar-refractivity contribution in [3.63, 3.8) is 0 Å². The highest BCUT2D eigenvalue weighted by Crippen LogP contribution is 2.15. The van der Waals surface area contributed by atoms with Gasteiger partial charge < -0.3 is 9.64 Å². The first-order valence-corrected chi connectivity index (χ1v) is 7.37. The Bertz CT molecular complexity index is 626.